The minimum absolute atomic E-state index is 0.0978. The highest BCUT2D eigenvalue weighted by Gasteiger charge is 2.43. The Morgan fingerprint density at radius 1 is 0.872 bits per heavy atom. The van der Waals surface area contributed by atoms with Gasteiger partial charge in [0.05, 0.1) is 34.0 Å². The average Bonchev–Trinajstić information content (AvgIpc) is 3.35. The zero-order valence-corrected chi connectivity index (χ0v) is 21.6. The molecule has 1 unspecified atom stereocenters. The van der Waals surface area contributed by atoms with Gasteiger partial charge in [0.15, 0.2) is 23.0 Å². The van der Waals surface area contributed by atoms with Crippen LogP contribution in [0.1, 0.15) is 39.1 Å². The zero-order valence-electron chi connectivity index (χ0n) is 21.6. The van der Waals surface area contributed by atoms with Gasteiger partial charge < -0.3 is 33.5 Å². The van der Waals surface area contributed by atoms with Gasteiger partial charge >= 0.3 is 17.9 Å². The lowest BCUT2D eigenvalue weighted by atomic mass is 9.90. The van der Waals surface area contributed by atoms with Crippen molar-refractivity contribution in [3.8, 4) is 28.7 Å². The van der Waals surface area contributed by atoms with Crippen LogP contribution >= 0.6 is 0 Å². The van der Waals surface area contributed by atoms with E-state index < -0.39 is 29.9 Å². The number of carbonyl (C=O) groups is 3. The van der Waals surface area contributed by atoms with E-state index in [-0.39, 0.29) is 22.8 Å². The Labute approximate surface area is 224 Å². The van der Waals surface area contributed by atoms with Crippen LogP contribution in [0.15, 0.2) is 60.7 Å². The standard InChI is InChI=1S/C29H26O10/c1-34-22-15-18(8-11-21(22)30)28(32)38-19-9-6-17(7-10-19)26-25(29(33)37-4)20-13-16(5-12-24(31)36-3)14-23(35-2)27(20)39-26/h5-15,25-26,30H,1-4H3/b12-5+/t25-,26?/m1/s1. The molecule has 3 aromatic rings. The molecule has 0 saturated heterocycles. The van der Waals surface area contributed by atoms with Crippen LogP contribution in [0.25, 0.3) is 6.08 Å². The Bertz CT molecular complexity index is 1420. The van der Waals surface area contributed by atoms with Crippen molar-refractivity contribution in [3.05, 3.63) is 82.9 Å². The molecule has 4 rings (SSSR count). The third kappa shape index (κ3) is 5.64. The van der Waals surface area contributed by atoms with E-state index in [9.17, 15) is 19.5 Å². The quantitative estimate of drug-likeness (QED) is 0.255. The third-order valence-electron chi connectivity index (χ3n) is 6.11. The van der Waals surface area contributed by atoms with Crippen molar-refractivity contribution in [2.75, 3.05) is 28.4 Å². The number of phenols is 1. The molecule has 0 spiro atoms. The molecule has 10 nitrogen and oxygen atoms in total. The molecule has 0 aromatic heterocycles. The van der Waals surface area contributed by atoms with Crippen LogP contribution in [0.2, 0.25) is 0 Å². The molecule has 0 aliphatic carbocycles. The third-order valence-corrected chi connectivity index (χ3v) is 6.11. The van der Waals surface area contributed by atoms with Gasteiger partial charge in [0.1, 0.15) is 17.8 Å². The summed E-state index contributed by atoms with van der Waals surface area (Å²) >= 11 is 0. The Kier molecular flexibility index (Phi) is 8.04. The molecule has 0 radical (unpaired) electrons. The number of benzene rings is 3. The Morgan fingerprint density at radius 3 is 2.23 bits per heavy atom. The summed E-state index contributed by atoms with van der Waals surface area (Å²) in [5.41, 5.74) is 1.95. The van der Waals surface area contributed by atoms with Crippen LogP contribution in [-0.2, 0) is 19.1 Å². The van der Waals surface area contributed by atoms with E-state index in [4.69, 9.17) is 23.7 Å². The van der Waals surface area contributed by atoms with Gasteiger partial charge in [-0.05, 0) is 59.7 Å². The van der Waals surface area contributed by atoms with Crippen molar-refractivity contribution in [1.82, 2.24) is 0 Å². The zero-order chi connectivity index (χ0) is 28.1. The molecule has 202 valence electrons. The maximum Gasteiger partial charge on any atom is 0.343 e. The number of rotatable bonds is 8. The molecule has 1 aliphatic heterocycles. The fourth-order valence-electron chi connectivity index (χ4n) is 4.18. The summed E-state index contributed by atoms with van der Waals surface area (Å²) in [5.74, 6) is -1.46. The molecular weight excluding hydrogens is 508 g/mol. The predicted molar refractivity (Wildman–Crippen MR) is 138 cm³/mol. The van der Waals surface area contributed by atoms with Gasteiger partial charge in [-0.3, -0.25) is 4.79 Å². The van der Waals surface area contributed by atoms with E-state index in [1.54, 1.807) is 42.5 Å². The van der Waals surface area contributed by atoms with Crippen LogP contribution in [0.4, 0.5) is 0 Å². The number of fused-ring (bicyclic) bond motifs is 1. The topological polar surface area (TPSA) is 127 Å². The van der Waals surface area contributed by atoms with Crippen molar-refractivity contribution in [2.45, 2.75) is 12.0 Å². The monoisotopic (exact) mass is 534 g/mol. The summed E-state index contributed by atoms with van der Waals surface area (Å²) in [6.45, 7) is 0. The normalized spacial score (nSPS) is 15.7. The van der Waals surface area contributed by atoms with E-state index in [1.807, 2.05) is 0 Å². The smallest absolute Gasteiger partial charge is 0.343 e. The number of phenolic OH excluding ortho intramolecular Hbond substituents is 1. The lowest BCUT2D eigenvalue weighted by molar-refractivity contribution is -0.144. The molecule has 0 bridgehead atoms. The summed E-state index contributed by atoms with van der Waals surface area (Å²) in [7, 11) is 5.41. The fourth-order valence-corrected chi connectivity index (χ4v) is 4.18. The van der Waals surface area contributed by atoms with Crippen molar-refractivity contribution >= 4 is 24.0 Å². The van der Waals surface area contributed by atoms with Gasteiger partial charge in [0.2, 0.25) is 0 Å². The van der Waals surface area contributed by atoms with Crippen molar-refractivity contribution in [3.63, 3.8) is 0 Å². The summed E-state index contributed by atoms with van der Waals surface area (Å²) in [6, 6.07) is 14.0. The summed E-state index contributed by atoms with van der Waals surface area (Å²) in [6.07, 6.45) is 2.05. The number of aromatic hydroxyl groups is 1. The molecule has 0 saturated carbocycles. The van der Waals surface area contributed by atoms with E-state index >= 15 is 0 Å². The minimum Gasteiger partial charge on any atom is -0.504 e. The van der Waals surface area contributed by atoms with Gasteiger partial charge in [-0.25, -0.2) is 9.59 Å². The molecule has 2 atom stereocenters. The molecule has 3 aromatic carbocycles. The highest BCUT2D eigenvalue weighted by Crippen LogP contribution is 2.51. The van der Waals surface area contributed by atoms with Gasteiger partial charge in [0.25, 0.3) is 0 Å². The second kappa shape index (κ2) is 11.6. The summed E-state index contributed by atoms with van der Waals surface area (Å²) in [5, 5.41) is 9.74. The van der Waals surface area contributed by atoms with Crippen LogP contribution in [0, 0.1) is 0 Å². The second-order valence-corrected chi connectivity index (χ2v) is 8.38. The van der Waals surface area contributed by atoms with Crippen molar-refractivity contribution in [2.24, 2.45) is 0 Å². The number of methoxy groups -OCH3 is 4. The number of hydrogen-bond acceptors (Lipinski definition) is 10. The van der Waals surface area contributed by atoms with Crippen LogP contribution < -0.4 is 18.9 Å². The second-order valence-electron chi connectivity index (χ2n) is 8.38. The first kappa shape index (κ1) is 27.1. The molecule has 0 amide bonds. The number of carbonyl (C=O) groups excluding carboxylic acids is 3. The van der Waals surface area contributed by atoms with Crippen LogP contribution in [0.5, 0.6) is 28.7 Å². The molecule has 39 heavy (non-hydrogen) atoms. The molecule has 1 N–H and O–H groups in total. The Hall–Kier alpha value is -4.99. The molecular formula is C29H26O10. The van der Waals surface area contributed by atoms with Gasteiger partial charge in [-0.15, -0.1) is 0 Å². The maximum atomic E-state index is 12.9. The van der Waals surface area contributed by atoms with Crippen LogP contribution in [0.3, 0.4) is 0 Å². The largest absolute Gasteiger partial charge is 0.504 e. The van der Waals surface area contributed by atoms with E-state index in [0.717, 1.165) is 0 Å². The lowest BCUT2D eigenvalue weighted by Crippen LogP contribution is -2.20. The average molecular weight is 535 g/mol. The summed E-state index contributed by atoms with van der Waals surface area (Å²) < 4.78 is 31.9. The first-order chi connectivity index (χ1) is 18.8. The van der Waals surface area contributed by atoms with E-state index in [1.165, 1.54) is 52.7 Å². The molecule has 1 aliphatic rings. The highest BCUT2D eigenvalue weighted by molar-refractivity contribution is 5.92. The van der Waals surface area contributed by atoms with E-state index in [0.29, 0.717) is 28.2 Å². The Balaban J connectivity index is 1.61. The predicted octanol–water partition coefficient (Wildman–Crippen LogP) is 4.21. The first-order valence-corrected chi connectivity index (χ1v) is 11.7. The molecule has 0 fully saturated rings. The lowest BCUT2D eigenvalue weighted by Gasteiger charge is -2.18. The molecule has 10 heteroatoms. The van der Waals surface area contributed by atoms with Gasteiger partial charge in [0, 0.05) is 11.6 Å². The maximum absolute atomic E-state index is 12.9. The SMILES string of the molecule is COC(=O)/C=C/c1cc(OC)c2c(c1)[C@@H](C(=O)OC)C(c1ccc(OC(=O)c3ccc(O)c(OC)c3)cc1)O2. The minimum atomic E-state index is -0.830. The van der Waals surface area contributed by atoms with Crippen LogP contribution in [-0.4, -0.2) is 51.5 Å². The highest BCUT2D eigenvalue weighted by atomic mass is 16.5. The van der Waals surface area contributed by atoms with Gasteiger partial charge in [-0.2, -0.15) is 0 Å². The summed E-state index contributed by atoms with van der Waals surface area (Å²) in [4.78, 5) is 37.0. The fraction of sp³-hybridized carbons (Fsp3) is 0.207. The van der Waals surface area contributed by atoms with Crippen molar-refractivity contribution < 1.29 is 47.9 Å². The van der Waals surface area contributed by atoms with Crippen molar-refractivity contribution in [1.29, 1.82) is 0 Å². The first-order valence-electron chi connectivity index (χ1n) is 11.7. The Morgan fingerprint density at radius 2 is 1.59 bits per heavy atom. The number of hydrogen-bond donors (Lipinski definition) is 1. The molecule has 1 heterocycles. The number of esters is 3. The number of ether oxygens (including phenoxy) is 6. The van der Waals surface area contributed by atoms with E-state index in [2.05, 4.69) is 4.74 Å². The van der Waals surface area contributed by atoms with Gasteiger partial charge in [-0.1, -0.05) is 12.1 Å².